The predicted molar refractivity (Wildman–Crippen MR) is 115 cm³/mol. The second kappa shape index (κ2) is 15.0. The van der Waals surface area contributed by atoms with Gasteiger partial charge in [-0.3, -0.25) is 0 Å². The lowest BCUT2D eigenvalue weighted by Crippen LogP contribution is -2.47. The minimum atomic E-state index is -4.27. The van der Waals surface area contributed by atoms with Crippen LogP contribution in [0.1, 0.15) is 70.8 Å². The van der Waals surface area contributed by atoms with Gasteiger partial charge < -0.3 is 14.1 Å². The van der Waals surface area contributed by atoms with Crippen molar-refractivity contribution in [1.29, 1.82) is 0 Å². The summed E-state index contributed by atoms with van der Waals surface area (Å²) >= 11 is 0. The van der Waals surface area contributed by atoms with E-state index in [1.165, 1.54) is 76.6 Å². The Hall–Kier alpha value is -0.950. The van der Waals surface area contributed by atoms with E-state index in [-0.39, 0.29) is 4.90 Å². The number of likely N-dealkylation sites (N-methyl/N-ethyl adjacent to an activating group) is 1. The monoisotopic (exact) mass is 415 g/mol. The molecule has 28 heavy (non-hydrogen) atoms. The van der Waals surface area contributed by atoms with Crippen molar-refractivity contribution in [1.82, 2.24) is 0 Å². The van der Waals surface area contributed by atoms with Gasteiger partial charge in [0.15, 0.2) is 0 Å². The van der Waals surface area contributed by atoms with Crippen LogP contribution in [0.3, 0.4) is 0 Å². The van der Waals surface area contributed by atoms with Crippen LogP contribution in [-0.2, 0) is 10.1 Å². The van der Waals surface area contributed by atoms with Crippen molar-refractivity contribution >= 4 is 10.1 Å². The highest BCUT2D eigenvalue weighted by Crippen LogP contribution is 2.11. The van der Waals surface area contributed by atoms with Crippen molar-refractivity contribution < 1.29 is 22.6 Å². The lowest BCUT2D eigenvalue weighted by atomic mass is 10.1. The summed E-state index contributed by atoms with van der Waals surface area (Å²) in [6.07, 6.45) is 10.7. The number of aliphatic hydroxyl groups excluding tert-OH is 1. The van der Waals surface area contributed by atoms with Crippen LogP contribution in [0.25, 0.3) is 0 Å². The number of hydrogen-bond acceptors (Lipinski definition) is 4. The zero-order chi connectivity index (χ0) is 21.5. The number of quaternary nitrogens is 1. The van der Waals surface area contributed by atoms with Crippen LogP contribution in [0, 0.1) is 6.92 Å². The summed E-state index contributed by atoms with van der Waals surface area (Å²) in [6.45, 7) is 10.1. The van der Waals surface area contributed by atoms with Gasteiger partial charge in [-0.15, -0.1) is 0 Å². The molecule has 0 unspecified atom stereocenters. The Labute approximate surface area is 173 Å². The fourth-order valence-corrected chi connectivity index (χ4v) is 3.59. The molecule has 0 radical (unpaired) electrons. The molecule has 0 aliphatic rings. The molecule has 164 valence electrons. The van der Waals surface area contributed by atoms with E-state index >= 15 is 0 Å². The molecule has 6 heteroatoms. The van der Waals surface area contributed by atoms with Crippen LogP contribution in [0.5, 0.6) is 0 Å². The van der Waals surface area contributed by atoms with E-state index in [0.717, 1.165) is 16.6 Å². The Balaban J connectivity index is 0.000000567. The van der Waals surface area contributed by atoms with Gasteiger partial charge in [0.1, 0.15) is 16.7 Å². The molecule has 0 saturated carbocycles. The number of aliphatic hydroxyl groups is 1. The van der Waals surface area contributed by atoms with Crippen molar-refractivity contribution in [3.8, 4) is 0 Å². The third-order valence-electron chi connectivity index (χ3n) is 5.05. The molecular formula is C22H41NO4S. The molecule has 1 aromatic rings. The highest BCUT2D eigenvalue weighted by Gasteiger charge is 2.19. The molecule has 0 spiro atoms. The molecule has 1 rings (SSSR count). The van der Waals surface area contributed by atoms with E-state index in [2.05, 4.69) is 20.9 Å². The Kier molecular flexibility index (Phi) is 14.5. The van der Waals surface area contributed by atoms with Gasteiger partial charge in [-0.1, -0.05) is 57.2 Å². The maximum absolute atomic E-state index is 10.4. The number of nitrogens with zero attached hydrogens (tertiary/aromatic N) is 1. The normalized spacial score (nSPS) is 11.8. The third-order valence-corrected chi connectivity index (χ3v) is 5.90. The molecule has 0 aliphatic carbocycles. The number of unbranched alkanes of at least 4 members (excludes halogenated alkanes) is 6. The highest BCUT2D eigenvalue weighted by atomic mass is 32.2. The Bertz CT molecular complexity index is 587. The van der Waals surface area contributed by atoms with Crippen molar-refractivity contribution in [2.75, 3.05) is 33.3 Å². The summed E-state index contributed by atoms with van der Waals surface area (Å²) in [5.41, 5.74) is 0.928. The molecule has 0 heterocycles. The molecular weight excluding hydrogens is 374 g/mol. The Morgan fingerprint density at radius 1 is 0.857 bits per heavy atom. The van der Waals surface area contributed by atoms with E-state index in [4.69, 9.17) is 0 Å². The van der Waals surface area contributed by atoms with Gasteiger partial charge in [-0.2, -0.15) is 0 Å². The molecule has 5 nitrogen and oxygen atoms in total. The van der Waals surface area contributed by atoms with Crippen molar-refractivity contribution in [2.45, 2.75) is 77.0 Å². The van der Waals surface area contributed by atoms with Crippen LogP contribution in [0.2, 0.25) is 0 Å². The fraction of sp³-hybridized carbons (Fsp3) is 0.727. The van der Waals surface area contributed by atoms with Gasteiger partial charge in [0, 0.05) is 0 Å². The van der Waals surface area contributed by atoms with Gasteiger partial charge in [0.2, 0.25) is 0 Å². The first-order chi connectivity index (χ1) is 13.2. The van der Waals surface area contributed by atoms with Gasteiger partial charge in [-0.25, -0.2) is 8.42 Å². The second-order valence-electron chi connectivity index (χ2n) is 7.90. The quantitative estimate of drug-likeness (QED) is 0.293. The Morgan fingerprint density at radius 3 is 1.68 bits per heavy atom. The molecule has 0 amide bonds. The van der Waals surface area contributed by atoms with E-state index < -0.39 is 10.1 Å². The van der Waals surface area contributed by atoms with Gasteiger partial charge >= 0.3 is 0 Å². The minimum absolute atomic E-state index is 0.178. The molecule has 0 atom stereocenters. The van der Waals surface area contributed by atoms with E-state index in [1.54, 1.807) is 12.1 Å². The van der Waals surface area contributed by atoms with Crippen LogP contribution in [0.15, 0.2) is 29.2 Å². The Morgan fingerprint density at radius 2 is 1.32 bits per heavy atom. The minimum Gasteiger partial charge on any atom is -0.744 e. The lowest BCUT2D eigenvalue weighted by Gasteiger charge is -2.34. The van der Waals surface area contributed by atoms with Crippen molar-refractivity contribution in [3.05, 3.63) is 29.8 Å². The summed E-state index contributed by atoms with van der Waals surface area (Å²) in [6, 6.07) is 5.78. The summed E-state index contributed by atoms with van der Waals surface area (Å²) in [4.78, 5) is -0.178. The third kappa shape index (κ3) is 13.3. The van der Waals surface area contributed by atoms with E-state index in [1.807, 2.05) is 6.92 Å². The first kappa shape index (κ1) is 27.0. The van der Waals surface area contributed by atoms with Crippen LogP contribution < -0.4 is 0 Å². The number of rotatable bonds is 13. The van der Waals surface area contributed by atoms with Gasteiger partial charge in [-0.05, 0) is 44.7 Å². The van der Waals surface area contributed by atoms with Crippen molar-refractivity contribution in [3.63, 3.8) is 0 Å². The second-order valence-corrected chi connectivity index (χ2v) is 9.28. The summed E-state index contributed by atoms with van der Waals surface area (Å²) in [7, 11) is -1.96. The van der Waals surface area contributed by atoms with Crippen molar-refractivity contribution in [2.24, 2.45) is 0 Å². The average molecular weight is 416 g/mol. The number of hydrogen-bond donors (Lipinski definition) is 1. The zero-order valence-electron chi connectivity index (χ0n) is 18.3. The van der Waals surface area contributed by atoms with Crippen LogP contribution >= 0.6 is 0 Å². The maximum Gasteiger partial charge on any atom is 0.124 e. The van der Waals surface area contributed by atoms with E-state index in [9.17, 15) is 18.1 Å². The molecule has 1 aromatic carbocycles. The summed E-state index contributed by atoms with van der Waals surface area (Å²) in [5.74, 6) is 0. The SMILES string of the molecule is CCCCCC[N+](C)(CCO)CCCCCC.Cc1ccc(S(=O)(=O)[O-])cc1. The van der Waals surface area contributed by atoms with E-state index in [0.29, 0.717) is 6.61 Å². The largest absolute Gasteiger partial charge is 0.744 e. The molecule has 0 aromatic heterocycles. The van der Waals surface area contributed by atoms with Gasteiger partial charge in [0.25, 0.3) is 0 Å². The molecule has 0 fully saturated rings. The fourth-order valence-electron chi connectivity index (χ4n) is 3.12. The smallest absolute Gasteiger partial charge is 0.124 e. The molecule has 1 N–H and O–H groups in total. The van der Waals surface area contributed by atoms with Crippen LogP contribution in [-0.4, -0.2) is 55.8 Å². The number of aryl methyl sites for hydroxylation is 1. The molecule has 0 bridgehead atoms. The first-order valence-electron chi connectivity index (χ1n) is 10.7. The molecule has 0 aliphatic heterocycles. The predicted octanol–water partition coefficient (Wildman–Crippen LogP) is 4.49. The lowest BCUT2D eigenvalue weighted by molar-refractivity contribution is -0.910. The standard InChI is InChI=1S/C15H34NO.C7H8O3S/c1-4-6-8-10-12-16(3,14-15-17)13-11-9-7-5-2;1-6-2-4-7(5-3-6)11(8,9)10/h17H,4-15H2,1-3H3;2-5H,1H3,(H,8,9,10)/q+1;/p-1. The number of benzene rings is 1. The maximum atomic E-state index is 10.4. The first-order valence-corrected chi connectivity index (χ1v) is 12.1. The zero-order valence-corrected chi connectivity index (χ0v) is 19.1. The average Bonchev–Trinajstić information content (AvgIpc) is 2.63. The van der Waals surface area contributed by atoms with Crippen LogP contribution in [0.4, 0.5) is 0 Å². The molecule has 0 saturated heterocycles. The topological polar surface area (TPSA) is 77.4 Å². The summed E-state index contributed by atoms with van der Waals surface area (Å²) < 4.78 is 32.2. The van der Waals surface area contributed by atoms with Gasteiger partial charge in [0.05, 0.1) is 31.6 Å². The summed E-state index contributed by atoms with van der Waals surface area (Å²) in [5, 5.41) is 9.19. The highest BCUT2D eigenvalue weighted by molar-refractivity contribution is 7.85.